The second-order valence-electron chi connectivity index (χ2n) is 4.12. The maximum absolute atomic E-state index is 10.9. The Kier molecular flexibility index (Phi) is 6.04. The van der Waals surface area contributed by atoms with E-state index in [0.29, 0.717) is 12.4 Å². The lowest BCUT2D eigenvalue weighted by Gasteiger charge is -2.05. The van der Waals surface area contributed by atoms with Gasteiger partial charge in [-0.1, -0.05) is 6.42 Å². The second kappa shape index (κ2) is 7.58. The maximum atomic E-state index is 10.9. The van der Waals surface area contributed by atoms with E-state index in [4.69, 9.17) is 0 Å². The van der Waals surface area contributed by atoms with Crippen molar-refractivity contribution >= 4 is 11.9 Å². The van der Waals surface area contributed by atoms with Crippen LogP contribution in [-0.4, -0.2) is 34.8 Å². The Balaban J connectivity index is 2.14. The van der Waals surface area contributed by atoms with E-state index in [0.717, 1.165) is 37.2 Å². The molecule has 0 atom stereocenters. The third kappa shape index (κ3) is 5.07. The molecule has 0 saturated carbocycles. The van der Waals surface area contributed by atoms with Gasteiger partial charge in [0, 0.05) is 13.0 Å². The van der Waals surface area contributed by atoms with Crippen LogP contribution in [0.4, 0.5) is 5.95 Å². The number of nitrogens with one attached hydrogen (secondary N) is 1. The summed E-state index contributed by atoms with van der Waals surface area (Å²) in [5.74, 6) is 0.413. The summed E-state index contributed by atoms with van der Waals surface area (Å²) in [6, 6.07) is 0. The van der Waals surface area contributed by atoms with Gasteiger partial charge < -0.3 is 10.1 Å². The van der Waals surface area contributed by atoms with Crippen LogP contribution in [0.25, 0.3) is 0 Å². The zero-order valence-electron chi connectivity index (χ0n) is 11.2. The lowest BCUT2D eigenvalue weighted by molar-refractivity contribution is -0.140. The van der Waals surface area contributed by atoms with Crippen LogP contribution < -0.4 is 5.32 Å². The Morgan fingerprint density at radius 2 is 1.94 bits per heavy atom. The summed E-state index contributed by atoms with van der Waals surface area (Å²) >= 11 is 0. The number of nitrogens with zero attached hydrogens (tertiary/aromatic N) is 3. The van der Waals surface area contributed by atoms with E-state index in [2.05, 4.69) is 25.2 Å². The number of anilines is 1. The first-order chi connectivity index (χ1) is 8.63. The van der Waals surface area contributed by atoms with Gasteiger partial charge >= 0.3 is 5.97 Å². The smallest absolute Gasteiger partial charge is 0.305 e. The summed E-state index contributed by atoms with van der Waals surface area (Å²) in [7, 11) is 1.41. The van der Waals surface area contributed by atoms with E-state index in [1.807, 2.05) is 13.8 Å². The molecular weight excluding hydrogens is 232 g/mol. The molecule has 1 N–H and O–H groups in total. The number of ether oxygens (including phenoxy) is 1. The minimum atomic E-state index is -0.148. The molecule has 6 nitrogen and oxygen atoms in total. The zero-order chi connectivity index (χ0) is 13.4. The number of carbonyl (C=O) groups is 1. The van der Waals surface area contributed by atoms with E-state index in [-0.39, 0.29) is 5.97 Å². The highest BCUT2D eigenvalue weighted by molar-refractivity contribution is 5.68. The van der Waals surface area contributed by atoms with Gasteiger partial charge in [0.2, 0.25) is 5.95 Å². The molecule has 0 saturated heterocycles. The van der Waals surface area contributed by atoms with Gasteiger partial charge in [-0.25, -0.2) is 4.98 Å². The monoisotopic (exact) mass is 252 g/mol. The largest absolute Gasteiger partial charge is 0.469 e. The second-order valence-corrected chi connectivity index (χ2v) is 4.12. The van der Waals surface area contributed by atoms with Gasteiger partial charge in [-0.2, -0.15) is 5.10 Å². The summed E-state index contributed by atoms with van der Waals surface area (Å²) in [6.07, 6.45) is 3.27. The number of esters is 1. The molecule has 0 radical (unpaired) electrons. The molecule has 0 unspecified atom stereocenters. The average molecular weight is 252 g/mol. The number of unbranched alkanes of at least 4 members (excludes halogenated alkanes) is 2. The lowest BCUT2D eigenvalue weighted by atomic mass is 10.2. The minimum Gasteiger partial charge on any atom is -0.469 e. The van der Waals surface area contributed by atoms with E-state index in [9.17, 15) is 4.79 Å². The molecular formula is C12H20N4O2. The van der Waals surface area contributed by atoms with Crippen molar-refractivity contribution in [2.24, 2.45) is 0 Å². The van der Waals surface area contributed by atoms with Crippen LogP contribution in [0.2, 0.25) is 0 Å². The molecule has 0 aliphatic carbocycles. The van der Waals surface area contributed by atoms with Crippen LogP contribution in [0.5, 0.6) is 0 Å². The van der Waals surface area contributed by atoms with Gasteiger partial charge in [0.15, 0.2) is 0 Å². The number of aromatic nitrogens is 3. The zero-order valence-corrected chi connectivity index (χ0v) is 11.2. The standard InChI is InChI=1S/C12H20N4O2/c1-9-10(2)15-16-12(14-9)13-8-6-4-5-7-11(17)18-3/h4-8H2,1-3H3,(H,13,14,16). The van der Waals surface area contributed by atoms with E-state index in [1.165, 1.54) is 7.11 Å². The van der Waals surface area contributed by atoms with Crippen molar-refractivity contribution in [3.05, 3.63) is 11.4 Å². The molecule has 0 aromatic carbocycles. The molecule has 0 aliphatic heterocycles. The van der Waals surface area contributed by atoms with Crippen LogP contribution in [-0.2, 0) is 9.53 Å². The normalized spacial score (nSPS) is 10.2. The first kappa shape index (κ1) is 14.3. The Labute approximate surface area is 107 Å². The first-order valence-electron chi connectivity index (χ1n) is 6.12. The SMILES string of the molecule is COC(=O)CCCCCNc1nnc(C)c(C)n1. The predicted molar refractivity (Wildman–Crippen MR) is 68.3 cm³/mol. The fourth-order valence-corrected chi connectivity index (χ4v) is 1.41. The molecule has 0 aliphatic rings. The summed E-state index contributed by atoms with van der Waals surface area (Å²) < 4.78 is 4.57. The fourth-order valence-electron chi connectivity index (χ4n) is 1.41. The lowest BCUT2D eigenvalue weighted by Crippen LogP contribution is -2.08. The number of aryl methyl sites for hydroxylation is 2. The highest BCUT2D eigenvalue weighted by Gasteiger charge is 2.01. The first-order valence-corrected chi connectivity index (χ1v) is 6.12. The highest BCUT2D eigenvalue weighted by Crippen LogP contribution is 2.04. The summed E-state index contributed by atoms with van der Waals surface area (Å²) in [5, 5.41) is 11.1. The number of methoxy groups -OCH3 is 1. The van der Waals surface area contributed by atoms with E-state index < -0.39 is 0 Å². The molecule has 0 fully saturated rings. The van der Waals surface area contributed by atoms with Gasteiger partial charge in [0.1, 0.15) is 0 Å². The van der Waals surface area contributed by atoms with Gasteiger partial charge in [-0.3, -0.25) is 4.79 Å². The molecule has 18 heavy (non-hydrogen) atoms. The molecule has 1 aromatic heterocycles. The van der Waals surface area contributed by atoms with Crippen LogP contribution in [0.1, 0.15) is 37.1 Å². The van der Waals surface area contributed by atoms with Crippen LogP contribution in [0.15, 0.2) is 0 Å². The van der Waals surface area contributed by atoms with Crippen molar-refractivity contribution in [2.45, 2.75) is 39.5 Å². The van der Waals surface area contributed by atoms with Crippen LogP contribution >= 0.6 is 0 Å². The molecule has 0 spiro atoms. The van der Waals surface area contributed by atoms with Crippen molar-refractivity contribution in [1.29, 1.82) is 0 Å². The molecule has 1 rings (SSSR count). The fraction of sp³-hybridized carbons (Fsp3) is 0.667. The molecule has 6 heteroatoms. The van der Waals surface area contributed by atoms with Crippen molar-refractivity contribution < 1.29 is 9.53 Å². The molecule has 1 aromatic rings. The maximum Gasteiger partial charge on any atom is 0.305 e. The third-order valence-corrected chi connectivity index (χ3v) is 2.66. The van der Waals surface area contributed by atoms with Crippen molar-refractivity contribution in [1.82, 2.24) is 15.2 Å². The number of hydrogen-bond donors (Lipinski definition) is 1. The van der Waals surface area contributed by atoms with Crippen molar-refractivity contribution in [2.75, 3.05) is 19.0 Å². The Hall–Kier alpha value is -1.72. The molecule has 0 bridgehead atoms. The van der Waals surface area contributed by atoms with E-state index in [1.54, 1.807) is 0 Å². The molecule has 100 valence electrons. The third-order valence-electron chi connectivity index (χ3n) is 2.66. The van der Waals surface area contributed by atoms with Gasteiger partial charge in [-0.15, -0.1) is 5.10 Å². The van der Waals surface area contributed by atoms with Crippen LogP contribution in [0, 0.1) is 13.8 Å². The van der Waals surface area contributed by atoms with E-state index >= 15 is 0 Å². The molecule has 0 amide bonds. The topological polar surface area (TPSA) is 77.0 Å². The van der Waals surface area contributed by atoms with Crippen molar-refractivity contribution in [3.63, 3.8) is 0 Å². The van der Waals surface area contributed by atoms with Crippen LogP contribution in [0.3, 0.4) is 0 Å². The molecule has 1 heterocycles. The Morgan fingerprint density at radius 3 is 2.61 bits per heavy atom. The summed E-state index contributed by atoms with van der Waals surface area (Å²) in [4.78, 5) is 15.1. The Bertz CT molecular complexity index is 396. The Morgan fingerprint density at radius 1 is 1.17 bits per heavy atom. The predicted octanol–water partition coefficient (Wildman–Crippen LogP) is 1.63. The summed E-state index contributed by atoms with van der Waals surface area (Å²) in [6.45, 7) is 4.57. The minimum absolute atomic E-state index is 0.148. The number of hydrogen-bond acceptors (Lipinski definition) is 6. The van der Waals surface area contributed by atoms with Crippen molar-refractivity contribution in [3.8, 4) is 0 Å². The van der Waals surface area contributed by atoms with Gasteiger partial charge in [0.25, 0.3) is 0 Å². The van der Waals surface area contributed by atoms with Gasteiger partial charge in [-0.05, 0) is 26.7 Å². The highest BCUT2D eigenvalue weighted by atomic mass is 16.5. The number of carbonyl (C=O) groups excluding carboxylic acids is 1. The summed E-state index contributed by atoms with van der Waals surface area (Å²) in [5.41, 5.74) is 1.73. The van der Waals surface area contributed by atoms with Gasteiger partial charge in [0.05, 0.1) is 18.5 Å². The quantitative estimate of drug-likeness (QED) is 0.587. The number of rotatable bonds is 7. The average Bonchev–Trinajstić information content (AvgIpc) is 2.37.